The summed E-state index contributed by atoms with van der Waals surface area (Å²) >= 11 is 0. The standard InChI is InChI=1S/C61H42N2O/c1-41-37-45(42-19-5-2-6-20-42)33-36-56(41)62(46-34-35-48(43-21-7-3-8-22-43)53(38-46)44-23-9-4-10-24-44)47-39-54(61-55(40-47)52-28-14-18-32-60(52)64-61)51-27-13-17-31-59(51)63-57-29-15-11-25-49(57)50-26-12-16-30-58(50)63/h2-40H,1H3. The molecule has 2 aromatic heterocycles. The Hall–Kier alpha value is -8.40. The van der Waals surface area contributed by atoms with Crippen molar-refractivity contribution in [3.8, 4) is 50.2 Å². The normalized spacial score (nSPS) is 11.5. The third kappa shape index (κ3) is 6.29. The Morgan fingerprint density at radius 1 is 0.359 bits per heavy atom. The molecule has 0 unspecified atom stereocenters. The Morgan fingerprint density at radius 3 is 1.61 bits per heavy atom. The van der Waals surface area contributed by atoms with Gasteiger partial charge in [-0.1, -0.05) is 176 Å². The van der Waals surface area contributed by atoms with Gasteiger partial charge in [-0.05, 0) is 107 Å². The van der Waals surface area contributed by atoms with Gasteiger partial charge in [0.1, 0.15) is 11.2 Å². The number of anilines is 3. The smallest absolute Gasteiger partial charge is 0.143 e. The van der Waals surface area contributed by atoms with E-state index in [2.05, 4.69) is 253 Å². The first-order valence-electron chi connectivity index (χ1n) is 21.9. The van der Waals surface area contributed by atoms with Gasteiger partial charge in [-0.2, -0.15) is 0 Å². The van der Waals surface area contributed by atoms with Crippen LogP contribution in [-0.4, -0.2) is 4.57 Å². The molecule has 0 saturated carbocycles. The fraction of sp³-hybridized carbons (Fsp3) is 0.0164. The maximum atomic E-state index is 6.93. The number of fused-ring (bicyclic) bond motifs is 6. The summed E-state index contributed by atoms with van der Waals surface area (Å²) in [6.45, 7) is 2.23. The molecule has 0 fully saturated rings. The first-order chi connectivity index (χ1) is 31.7. The molecule has 0 N–H and O–H groups in total. The Labute approximate surface area is 372 Å². The zero-order chi connectivity index (χ0) is 42.6. The van der Waals surface area contributed by atoms with Crippen LogP contribution in [0.3, 0.4) is 0 Å². The maximum absolute atomic E-state index is 6.93. The van der Waals surface area contributed by atoms with Crippen LogP contribution in [0.4, 0.5) is 17.1 Å². The Balaban J connectivity index is 1.15. The monoisotopic (exact) mass is 818 g/mol. The molecule has 0 saturated heterocycles. The van der Waals surface area contributed by atoms with Gasteiger partial charge >= 0.3 is 0 Å². The minimum atomic E-state index is 0.860. The molecule has 0 aliphatic carbocycles. The van der Waals surface area contributed by atoms with Crippen LogP contribution >= 0.6 is 0 Å². The number of aryl methyl sites for hydroxylation is 1. The zero-order valence-corrected chi connectivity index (χ0v) is 35.3. The van der Waals surface area contributed by atoms with Crippen molar-refractivity contribution in [1.82, 2.24) is 4.57 Å². The highest BCUT2D eigenvalue weighted by Crippen LogP contribution is 2.48. The summed E-state index contributed by atoms with van der Waals surface area (Å²) in [5.74, 6) is 0. The van der Waals surface area contributed by atoms with Crippen LogP contribution in [0.15, 0.2) is 241 Å². The van der Waals surface area contributed by atoms with Gasteiger partial charge in [0.05, 0.1) is 16.7 Å². The van der Waals surface area contributed by atoms with Crippen molar-refractivity contribution in [3.63, 3.8) is 0 Å². The third-order valence-corrected chi connectivity index (χ3v) is 12.7. The Kier molecular flexibility index (Phi) is 9.05. The molecule has 3 heteroatoms. The number of hydrogen-bond donors (Lipinski definition) is 0. The second kappa shape index (κ2) is 15.5. The van der Waals surface area contributed by atoms with E-state index in [4.69, 9.17) is 4.42 Å². The molecule has 0 radical (unpaired) electrons. The molecule has 12 rings (SSSR count). The first kappa shape index (κ1) is 37.4. The van der Waals surface area contributed by atoms with Gasteiger partial charge in [0.2, 0.25) is 0 Å². The lowest BCUT2D eigenvalue weighted by molar-refractivity contribution is 0.670. The second-order valence-electron chi connectivity index (χ2n) is 16.5. The van der Waals surface area contributed by atoms with Crippen molar-refractivity contribution in [3.05, 3.63) is 242 Å². The third-order valence-electron chi connectivity index (χ3n) is 12.7. The summed E-state index contributed by atoms with van der Waals surface area (Å²) in [5.41, 5.74) is 18.7. The van der Waals surface area contributed by atoms with Crippen LogP contribution in [-0.2, 0) is 0 Å². The SMILES string of the molecule is Cc1cc(-c2ccccc2)ccc1N(c1ccc(-c2ccccc2)c(-c2ccccc2)c1)c1cc(-c2ccccc2-n2c3ccccc3c3ccccc32)c2oc3ccccc3c2c1. The molecule has 0 aliphatic heterocycles. The molecular formula is C61H42N2O. The molecule has 10 aromatic carbocycles. The highest BCUT2D eigenvalue weighted by molar-refractivity contribution is 6.14. The fourth-order valence-electron chi connectivity index (χ4n) is 9.76. The largest absolute Gasteiger partial charge is 0.455 e. The lowest BCUT2D eigenvalue weighted by Gasteiger charge is -2.29. The van der Waals surface area contributed by atoms with Crippen LogP contribution in [0.1, 0.15) is 5.56 Å². The van der Waals surface area contributed by atoms with Gasteiger partial charge in [0, 0.05) is 49.7 Å². The van der Waals surface area contributed by atoms with Crippen molar-refractivity contribution >= 4 is 60.8 Å². The average molecular weight is 819 g/mol. The van der Waals surface area contributed by atoms with Crippen molar-refractivity contribution in [2.75, 3.05) is 4.90 Å². The number of benzene rings is 10. The van der Waals surface area contributed by atoms with Gasteiger partial charge in [-0.15, -0.1) is 0 Å². The van der Waals surface area contributed by atoms with E-state index in [1.807, 2.05) is 0 Å². The van der Waals surface area contributed by atoms with Crippen LogP contribution in [0.25, 0.3) is 93.9 Å². The van der Waals surface area contributed by atoms with Crippen LogP contribution < -0.4 is 4.90 Å². The van der Waals surface area contributed by atoms with E-state index in [0.717, 1.165) is 72.4 Å². The zero-order valence-electron chi connectivity index (χ0n) is 35.3. The summed E-state index contributed by atoms with van der Waals surface area (Å²) in [5, 5.41) is 4.59. The van der Waals surface area contributed by atoms with E-state index in [1.165, 1.54) is 44.2 Å². The topological polar surface area (TPSA) is 21.3 Å². The molecule has 0 bridgehead atoms. The number of aromatic nitrogens is 1. The van der Waals surface area contributed by atoms with Gasteiger partial charge < -0.3 is 13.9 Å². The summed E-state index contributed by atoms with van der Waals surface area (Å²) in [6.07, 6.45) is 0. The summed E-state index contributed by atoms with van der Waals surface area (Å²) in [6, 6.07) is 85.2. The number of nitrogens with zero attached hydrogens (tertiary/aromatic N) is 2. The highest BCUT2D eigenvalue weighted by atomic mass is 16.3. The molecular weight excluding hydrogens is 777 g/mol. The lowest BCUT2D eigenvalue weighted by Crippen LogP contribution is -2.12. The average Bonchev–Trinajstić information content (AvgIpc) is 3.91. The molecule has 3 nitrogen and oxygen atoms in total. The lowest BCUT2D eigenvalue weighted by atomic mass is 9.93. The van der Waals surface area contributed by atoms with Crippen molar-refractivity contribution < 1.29 is 4.42 Å². The minimum absolute atomic E-state index is 0.860. The predicted octanol–water partition coefficient (Wildman–Crippen LogP) is 17.1. The Morgan fingerprint density at radius 2 is 0.922 bits per heavy atom. The van der Waals surface area contributed by atoms with Crippen molar-refractivity contribution in [1.29, 1.82) is 0 Å². The number of furan rings is 1. The van der Waals surface area contributed by atoms with Crippen molar-refractivity contribution in [2.24, 2.45) is 0 Å². The predicted molar refractivity (Wildman–Crippen MR) is 269 cm³/mol. The fourth-order valence-corrected chi connectivity index (χ4v) is 9.76. The van der Waals surface area contributed by atoms with E-state index in [-0.39, 0.29) is 0 Å². The van der Waals surface area contributed by atoms with Crippen LogP contribution in [0.5, 0.6) is 0 Å². The molecule has 302 valence electrons. The van der Waals surface area contributed by atoms with E-state index < -0.39 is 0 Å². The number of para-hydroxylation sites is 4. The molecule has 0 amide bonds. The van der Waals surface area contributed by atoms with Gasteiger partial charge in [-0.3, -0.25) is 0 Å². The molecule has 2 heterocycles. The highest BCUT2D eigenvalue weighted by Gasteiger charge is 2.24. The number of rotatable bonds is 8. The molecule has 0 aliphatic rings. The maximum Gasteiger partial charge on any atom is 0.143 e. The second-order valence-corrected chi connectivity index (χ2v) is 16.5. The van der Waals surface area contributed by atoms with E-state index >= 15 is 0 Å². The van der Waals surface area contributed by atoms with Gasteiger partial charge in [0.25, 0.3) is 0 Å². The van der Waals surface area contributed by atoms with E-state index in [9.17, 15) is 0 Å². The van der Waals surface area contributed by atoms with E-state index in [1.54, 1.807) is 0 Å². The van der Waals surface area contributed by atoms with Crippen molar-refractivity contribution in [2.45, 2.75) is 6.92 Å². The summed E-state index contributed by atoms with van der Waals surface area (Å²) in [4.78, 5) is 2.44. The summed E-state index contributed by atoms with van der Waals surface area (Å²) < 4.78 is 9.35. The van der Waals surface area contributed by atoms with Crippen LogP contribution in [0, 0.1) is 6.92 Å². The van der Waals surface area contributed by atoms with E-state index in [0.29, 0.717) is 0 Å². The molecule has 12 aromatic rings. The molecule has 0 spiro atoms. The van der Waals surface area contributed by atoms with Crippen LogP contribution in [0.2, 0.25) is 0 Å². The minimum Gasteiger partial charge on any atom is -0.455 e. The number of hydrogen-bond acceptors (Lipinski definition) is 2. The summed E-state index contributed by atoms with van der Waals surface area (Å²) in [7, 11) is 0. The van der Waals surface area contributed by atoms with Gasteiger partial charge in [0.15, 0.2) is 0 Å². The quantitative estimate of drug-likeness (QED) is 0.152. The first-order valence-corrected chi connectivity index (χ1v) is 21.9. The Bertz CT molecular complexity index is 3620. The molecule has 0 atom stereocenters. The van der Waals surface area contributed by atoms with Gasteiger partial charge in [-0.25, -0.2) is 0 Å². The molecule has 64 heavy (non-hydrogen) atoms.